The average Bonchev–Trinajstić information content (AvgIpc) is 2.66. The quantitative estimate of drug-likeness (QED) is 0.927. The minimum absolute atomic E-state index is 0.126. The molecule has 1 aromatic carbocycles. The number of halogens is 4. The number of carbonyl (C=O) groups is 1. The Morgan fingerprint density at radius 1 is 1.40 bits per heavy atom. The summed E-state index contributed by atoms with van der Waals surface area (Å²) >= 11 is 5.66. The zero-order valence-electron chi connectivity index (χ0n) is 10.2. The van der Waals surface area contributed by atoms with Gasteiger partial charge in [-0.3, -0.25) is 4.79 Å². The van der Waals surface area contributed by atoms with E-state index in [1.54, 1.807) is 0 Å². The number of primary amides is 1. The average molecular weight is 304 g/mol. The van der Waals surface area contributed by atoms with Crippen LogP contribution in [0, 0.1) is 6.92 Å². The van der Waals surface area contributed by atoms with Crippen LogP contribution in [0.25, 0.3) is 5.69 Å². The number of rotatable bonds is 2. The minimum atomic E-state index is -4.64. The lowest BCUT2D eigenvalue weighted by atomic mass is 10.2. The first-order chi connectivity index (χ1) is 9.21. The zero-order chi connectivity index (χ0) is 15.1. The van der Waals surface area contributed by atoms with Gasteiger partial charge in [0.15, 0.2) is 5.69 Å². The van der Waals surface area contributed by atoms with E-state index in [4.69, 9.17) is 17.3 Å². The number of nitrogens with zero attached hydrogens (tertiary/aromatic N) is 2. The van der Waals surface area contributed by atoms with E-state index >= 15 is 0 Å². The summed E-state index contributed by atoms with van der Waals surface area (Å²) in [5.41, 5.74) is 4.53. The first kappa shape index (κ1) is 14.4. The van der Waals surface area contributed by atoms with Crippen LogP contribution in [0.5, 0.6) is 0 Å². The van der Waals surface area contributed by atoms with Crippen LogP contribution in [0.2, 0.25) is 5.02 Å². The topological polar surface area (TPSA) is 60.9 Å². The molecule has 106 valence electrons. The van der Waals surface area contributed by atoms with Gasteiger partial charge in [-0.25, -0.2) is 4.68 Å². The van der Waals surface area contributed by atoms with Crippen molar-refractivity contribution in [2.24, 2.45) is 5.73 Å². The fourth-order valence-corrected chi connectivity index (χ4v) is 1.93. The Morgan fingerprint density at radius 2 is 2.05 bits per heavy atom. The molecule has 0 fully saturated rings. The maximum absolute atomic E-state index is 12.7. The van der Waals surface area contributed by atoms with Gasteiger partial charge in [0.1, 0.15) is 0 Å². The molecule has 0 bridgehead atoms. The predicted octanol–water partition coefficient (Wildman–Crippen LogP) is 2.95. The van der Waals surface area contributed by atoms with Gasteiger partial charge in [0.05, 0.1) is 16.4 Å². The van der Waals surface area contributed by atoms with Crippen LogP contribution in [-0.4, -0.2) is 15.7 Å². The van der Waals surface area contributed by atoms with Crippen LogP contribution in [-0.2, 0) is 6.18 Å². The molecule has 1 aromatic heterocycles. The first-order valence-corrected chi connectivity index (χ1v) is 5.82. The molecular weight excluding hydrogens is 295 g/mol. The van der Waals surface area contributed by atoms with Gasteiger partial charge >= 0.3 is 6.18 Å². The molecule has 0 unspecified atom stereocenters. The standard InChI is InChI=1S/C12H9ClF3N3O/c1-6-9(13)10(12(14,15)16)18-19(6)8-4-2-3-7(5-8)11(17)20/h2-5H,1H3,(H2,17,20). The van der Waals surface area contributed by atoms with Gasteiger partial charge < -0.3 is 5.73 Å². The van der Waals surface area contributed by atoms with E-state index in [-0.39, 0.29) is 16.9 Å². The third-order valence-electron chi connectivity index (χ3n) is 2.69. The predicted molar refractivity (Wildman–Crippen MR) is 66.8 cm³/mol. The zero-order valence-corrected chi connectivity index (χ0v) is 11.0. The number of alkyl halides is 3. The highest BCUT2D eigenvalue weighted by molar-refractivity contribution is 6.32. The highest BCUT2D eigenvalue weighted by Crippen LogP contribution is 2.36. The van der Waals surface area contributed by atoms with Crippen molar-refractivity contribution in [1.29, 1.82) is 0 Å². The summed E-state index contributed by atoms with van der Waals surface area (Å²) in [5, 5.41) is 2.99. The molecule has 2 N–H and O–H groups in total. The molecule has 1 amide bonds. The molecule has 0 spiro atoms. The fraction of sp³-hybridized carbons (Fsp3) is 0.167. The van der Waals surface area contributed by atoms with E-state index in [0.29, 0.717) is 0 Å². The van der Waals surface area contributed by atoms with Crippen molar-refractivity contribution in [2.45, 2.75) is 13.1 Å². The van der Waals surface area contributed by atoms with E-state index < -0.39 is 22.8 Å². The Kier molecular flexibility index (Phi) is 3.47. The van der Waals surface area contributed by atoms with Gasteiger partial charge in [0.2, 0.25) is 5.91 Å². The molecule has 1 heterocycles. The van der Waals surface area contributed by atoms with Crippen molar-refractivity contribution in [3.05, 3.63) is 46.2 Å². The largest absolute Gasteiger partial charge is 0.436 e. The molecule has 0 atom stereocenters. The van der Waals surface area contributed by atoms with Gasteiger partial charge in [0, 0.05) is 5.56 Å². The third-order valence-corrected chi connectivity index (χ3v) is 3.14. The van der Waals surface area contributed by atoms with E-state index in [2.05, 4.69) is 5.10 Å². The lowest BCUT2D eigenvalue weighted by Crippen LogP contribution is -2.12. The van der Waals surface area contributed by atoms with Crippen LogP contribution in [0.1, 0.15) is 21.7 Å². The van der Waals surface area contributed by atoms with Gasteiger partial charge in [-0.15, -0.1) is 0 Å². The van der Waals surface area contributed by atoms with Crippen molar-refractivity contribution in [1.82, 2.24) is 9.78 Å². The van der Waals surface area contributed by atoms with Crippen molar-refractivity contribution in [3.63, 3.8) is 0 Å². The second kappa shape index (κ2) is 4.82. The van der Waals surface area contributed by atoms with Gasteiger partial charge in [-0.2, -0.15) is 18.3 Å². The van der Waals surface area contributed by atoms with Gasteiger partial charge in [-0.1, -0.05) is 17.7 Å². The number of carbonyl (C=O) groups excluding carboxylic acids is 1. The molecular formula is C12H9ClF3N3O. The summed E-state index contributed by atoms with van der Waals surface area (Å²) in [7, 11) is 0. The molecule has 0 aliphatic heterocycles. The van der Waals surface area contributed by atoms with Crippen molar-refractivity contribution < 1.29 is 18.0 Å². The SMILES string of the molecule is Cc1c(Cl)c(C(F)(F)F)nn1-c1cccc(C(N)=O)c1. The molecule has 4 nitrogen and oxygen atoms in total. The summed E-state index contributed by atoms with van der Waals surface area (Å²) in [6.07, 6.45) is -4.64. The van der Waals surface area contributed by atoms with Crippen LogP contribution in [0.15, 0.2) is 24.3 Å². The third kappa shape index (κ3) is 2.49. The molecule has 0 radical (unpaired) electrons. The summed E-state index contributed by atoms with van der Waals surface area (Å²) in [4.78, 5) is 11.1. The maximum Gasteiger partial charge on any atom is 0.436 e. The summed E-state index contributed by atoms with van der Waals surface area (Å²) in [6, 6.07) is 5.80. The van der Waals surface area contributed by atoms with Crippen molar-refractivity contribution in [3.8, 4) is 5.69 Å². The summed E-state index contributed by atoms with van der Waals surface area (Å²) in [6.45, 7) is 1.40. The molecule has 2 rings (SSSR count). The molecule has 0 aliphatic rings. The second-order valence-electron chi connectivity index (χ2n) is 4.07. The van der Waals surface area contributed by atoms with Crippen LogP contribution in [0.4, 0.5) is 13.2 Å². The summed E-state index contributed by atoms with van der Waals surface area (Å²) < 4.78 is 39.2. The van der Waals surface area contributed by atoms with Crippen LogP contribution >= 0.6 is 11.6 Å². The Balaban J connectivity index is 2.59. The number of hydrogen-bond acceptors (Lipinski definition) is 2. The second-order valence-corrected chi connectivity index (χ2v) is 4.45. The Morgan fingerprint density at radius 3 is 2.55 bits per heavy atom. The number of hydrogen-bond donors (Lipinski definition) is 1. The molecule has 2 aromatic rings. The smallest absolute Gasteiger partial charge is 0.366 e. The van der Waals surface area contributed by atoms with Crippen molar-refractivity contribution >= 4 is 17.5 Å². The maximum atomic E-state index is 12.7. The van der Waals surface area contributed by atoms with Crippen LogP contribution < -0.4 is 5.73 Å². The van der Waals surface area contributed by atoms with E-state index in [9.17, 15) is 18.0 Å². The Labute approximate surface area is 116 Å². The van der Waals surface area contributed by atoms with E-state index in [0.717, 1.165) is 4.68 Å². The Bertz CT molecular complexity index is 679. The van der Waals surface area contributed by atoms with Crippen LogP contribution in [0.3, 0.4) is 0 Å². The number of nitrogens with two attached hydrogens (primary N) is 1. The fourth-order valence-electron chi connectivity index (χ4n) is 1.71. The van der Waals surface area contributed by atoms with E-state index in [1.165, 1.54) is 31.2 Å². The molecule has 20 heavy (non-hydrogen) atoms. The molecule has 0 saturated heterocycles. The van der Waals surface area contributed by atoms with E-state index in [1.807, 2.05) is 0 Å². The van der Waals surface area contributed by atoms with Gasteiger partial charge in [-0.05, 0) is 25.1 Å². The molecule has 0 aliphatic carbocycles. The number of aromatic nitrogens is 2. The van der Waals surface area contributed by atoms with Crippen molar-refractivity contribution in [2.75, 3.05) is 0 Å². The molecule has 0 saturated carbocycles. The highest BCUT2D eigenvalue weighted by atomic mass is 35.5. The highest BCUT2D eigenvalue weighted by Gasteiger charge is 2.38. The first-order valence-electron chi connectivity index (χ1n) is 5.44. The Hall–Kier alpha value is -2.02. The van der Waals surface area contributed by atoms with Gasteiger partial charge in [0.25, 0.3) is 0 Å². The molecule has 8 heteroatoms. The number of benzene rings is 1. The number of amides is 1. The summed E-state index contributed by atoms with van der Waals surface area (Å²) in [5.74, 6) is -0.682. The lowest BCUT2D eigenvalue weighted by molar-refractivity contribution is -0.141. The minimum Gasteiger partial charge on any atom is -0.366 e. The monoisotopic (exact) mass is 303 g/mol. The normalized spacial score (nSPS) is 11.7. The lowest BCUT2D eigenvalue weighted by Gasteiger charge is -2.05.